The number of rotatable bonds is 4. The predicted octanol–water partition coefficient (Wildman–Crippen LogP) is 1.48. The van der Waals surface area contributed by atoms with Crippen LogP contribution in [-0.2, 0) is 0 Å². The van der Waals surface area contributed by atoms with E-state index >= 15 is 0 Å². The minimum absolute atomic E-state index is 0.218. The fraction of sp³-hybridized carbons (Fsp3) is 0.750. The molecule has 1 fully saturated rings. The van der Waals surface area contributed by atoms with Gasteiger partial charge >= 0.3 is 6.01 Å². The van der Waals surface area contributed by atoms with Crippen molar-refractivity contribution in [1.29, 1.82) is 0 Å². The molecule has 0 aliphatic carbocycles. The Morgan fingerprint density at radius 1 is 1.33 bits per heavy atom. The van der Waals surface area contributed by atoms with Crippen molar-refractivity contribution in [3.05, 3.63) is 0 Å². The van der Waals surface area contributed by atoms with Crippen LogP contribution >= 0.6 is 0 Å². The highest BCUT2D eigenvalue weighted by Gasteiger charge is 2.31. The number of ether oxygens (including phenoxy) is 1. The summed E-state index contributed by atoms with van der Waals surface area (Å²) in [6.07, 6.45) is 2.04. The number of anilines is 2. The average molecular weight is 251 g/mol. The van der Waals surface area contributed by atoms with Crippen LogP contribution in [0.2, 0.25) is 0 Å². The van der Waals surface area contributed by atoms with Crippen LogP contribution in [0.4, 0.5) is 11.9 Å². The molecule has 100 valence electrons. The number of hydrogen-bond donors (Lipinski definition) is 1. The number of nitrogens with two attached hydrogens (primary N) is 1. The Morgan fingerprint density at radius 3 is 2.72 bits per heavy atom. The van der Waals surface area contributed by atoms with Crippen LogP contribution in [0.5, 0.6) is 6.01 Å². The summed E-state index contributed by atoms with van der Waals surface area (Å²) in [7, 11) is 0. The molecule has 18 heavy (non-hydrogen) atoms. The molecule has 6 heteroatoms. The van der Waals surface area contributed by atoms with Crippen molar-refractivity contribution >= 4 is 11.9 Å². The predicted molar refractivity (Wildman–Crippen MR) is 70.6 cm³/mol. The van der Waals surface area contributed by atoms with Crippen LogP contribution in [0.3, 0.4) is 0 Å². The first-order chi connectivity index (χ1) is 8.50. The number of nitrogen functional groups attached to an aromatic ring is 1. The van der Waals surface area contributed by atoms with Crippen molar-refractivity contribution in [3.8, 4) is 6.01 Å². The Balaban J connectivity index is 2.15. The third-order valence-corrected chi connectivity index (χ3v) is 3.02. The number of aromatic nitrogens is 3. The van der Waals surface area contributed by atoms with Crippen LogP contribution < -0.4 is 15.4 Å². The van der Waals surface area contributed by atoms with Gasteiger partial charge in [0.15, 0.2) is 0 Å². The van der Waals surface area contributed by atoms with E-state index in [0.29, 0.717) is 24.0 Å². The Hall–Kier alpha value is -1.59. The molecule has 0 saturated carbocycles. The van der Waals surface area contributed by atoms with Crippen molar-refractivity contribution in [3.63, 3.8) is 0 Å². The maximum absolute atomic E-state index is 5.70. The molecule has 0 unspecified atom stereocenters. The average Bonchev–Trinajstić information content (AvgIpc) is 2.66. The van der Waals surface area contributed by atoms with Crippen molar-refractivity contribution in [2.45, 2.75) is 33.6 Å². The Morgan fingerprint density at radius 2 is 2.11 bits per heavy atom. The van der Waals surface area contributed by atoms with Crippen molar-refractivity contribution in [1.82, 2.24) is 15.0 Å². The van der Waals surface area contributed by atoms with Crippen molar-refractivity contribution in [2.24, 2.45) is 5.41 Å². The molecule has 2 N–H and O–H groups in total. The second-order valence-corrected chi connectivity index (χ2v) is 5.46. The molecule has 0 amide bonds. The maximum atomic E-state index is 5.70. The van der Waals surface area contributed by atoms with Crippen LogP contribution in [0.1, 0.15) is 33.6 Å². The lowest BCUT2D eigenvalue weighted by atomic mass is 9.93. The summed E-state index contributed by atoms with van der Waals surface area (Å²) in [6.45, 7) is 8.99. The van der Waals surface area contributed by atoms with E-state index in [1.807, 2.05) is 6.92 Å². The van der Waals surface area contributed by atoms with E-state index in [9.17, 15) is 0 Å². The van der Waals surface area contributed by atoms with E-state index in [1.165, 1.54) is 0 Å². The SMILES string of the molecule is CCCOc1nc(N)nc(N2CCC(C)(C)C2)n1. The van der Waals surface area contributed by atoms with Gasteiger partial charge in [-0.15, -0.1) is 0 Å². The van der Waals surface area contributed by atoms with Gasteiger partial charge in [0.1, 0.15) is 0 Å². The summed E-state index contributed by atoms with van der Waals surface area (Å²) >= 11 is 0. The van der Waals surface area contributed by atoms with Crippen LogP contribution in [0.15, 0.2) is 0 Å². The van der Waals surface area contributed by atoms with Gasteiger partial charge in [-0.3, -0.25) is 0 Å². The first-order valence-corrected chi connectivity index (χ1v) is 6.39. The largest absolute Gasteiger partial charge is 0.463 e. The van der Waals surface area contributed by atoms with Gasteiger partial charge in [0, 0.05) is 13.1 Å². The zero-order chi connectivity index (χ0) is 13.2. The van der Waals surface area contributed by atoms with E-state index in [4.69, 9.17) is 10.5 Å². The monoisotopic (exact) mass is 251 g/mol. The van der Waals surface area contributed by atoms with E-state index < -0.39 is 0 Å². The van der Waals surface area contributed by atoms with E-state index in [2.05, 4.69) is 33.7 Å². The smallest absolute Gasteiger partial charge is 0.323 e. The fourth-order valence-electron chi connectivity index (χ4n) is 2.04. The molecular weight excluding hydrogens is 230 g/mol. The van der Waals surface area contributed by atoms with Crippen LogP contribution in [0, 0.1) is 5.41 Å². The molecule has 2 rings (SSSR count). The zero-order valence-electron chi connectivity index (χ0n) is 11.3. The Bertz CT molecular complexity index is 421. The molecule has 0 spiro atoms. The maximum Gasteiger partial charge on any atom is 0.323 e. The minimum Gasteiger partial charge on any atom is -0.463 e. The van der Waals surface area contributed by atoms with Gasteiger partial charge in [0.2, 0.25) is 11.9 Å². The molecule has 1 aliphatic rings. The Labute approximate surface area is 108 Å². The minimum atomic E-state index is 0.218. The van der Waals surface area contributed by atoms with E-state index in [0.717, 1.165) is 25.9 Å². The standard InChI is InChI=1S/C12H21N5O/c1-4-7-18-11-15-9(13)14-10(16-11)17-6-5-12(2,3)8-17/h4-8H2,1-3H3,(H2,13,14,15,16). The molecule has 0 aromatic carbocycles. The molecule has 1 aliphatic heterocycles. The molecule has 0 atom stereocenters. The molecule has 2 heterocycles. The normalized spacial score (nSPS) is 18.1. The highest BCUT2D eigenvalue weighted by Crippen LogP contribution is 2.31. The third-order valence-electron chi connectivity index (χ3n) is 3.02. The lowest BCUT2D eigenvalue weighted by molar-refractivity contribution is 0.292. The molecular formula is C12H21N5O. The van der Waals surface area contributed by atoms with Crippen LogP contribution in [0.25, 0.3) is 0 Å². The second-order valence-electron chi connectivity index (χ2n) is 5.46. The third kappa shape index (κ3) is 3.00. The topological polar surface area (TPSA) is 77.2 Å². The highest BCUT2D eigenvalue weighted by atomic mass is 16.5. The summed E-state index contributed by atoms with van der Waals surface area (Å²) in [5.74, 6) is 0.843. The van der Waals surface area contributed by atoms with Crippen molar-refractivity contribution in [2.75, 3.05) is 30.3 Å². The zero-order valence-corrected chi connectivity index (χ0v) is 11.3. The molecule has 6 nitrogen and oxygen atoms in total. The lowest BCUT2D eigenvalue weighted by Gasteiger charge is -2.19. The van der Waals surface area contributed by atoms with Gasteiger partial charge in [-0.1, -0.05) is 20.8 Å². The molecule has 1 aromatic heterocycles. The quantitative estimate of drug-likeness (QED) is 0.873. The van der Waals surface area contributed by atoms with Gasteiger partial charge in [-0.2, -0.15) is 15.0 Å². The second kappa shape index (κ2) is 4.96. The molecule has 0 radical (unpaired) electrons. The van der Waals surface area contributed by atoms with Gasteiger partial charge in [0.25, 0.3) is 0 Å². The van der Waals surface area contributed by atoms with Gasteiger partial charge < -0.3 is 15.4 Å². The number of hydrogen-bond acceptors (Lipinski definition) is 6. The summed E-state index contributed by atoms with van der Waals surface area (Å²) in [5.41, 5.74) is 5.99. The molecule has 0 bridgehead atoms. The Kier molecular flexibility index (Phi) is 3.54. The van der Waals surface area contributed by atoms with Crippen molar-refractivity contribution < 1.29 is 4.74 Å². The lowest BCUT2D eigenvalue weighted by Crippen LogP contribution is -2.25. The summed E-state index contributed by atoms with van der Waals surface area (Å²) < 4.78 is 5.42. The highest BCUT2D eigenvalue weighted by molar-refractivity contribution is 5.37. The fourth-order valence-corrected chi connectivity index (χ4v) is 2.04. The van der Waals surface area contributed by atoms with Gasteiger partial charge in [0.05, 0.1) is 6.61 Å². The summed E-state index contributed by atoms with van der Waals surface area (Å²) in [5, 5.41) is 0. The number of nitrogens with zero attached hydrogens (tertiary/aromatic N) is 4. The first-order valence-electron chi connectivity index (χ1n) is 6.39. The molecule has 1 saturated heterocycles. The molecule has 1 aromatic rings. The van der Waals surface area contributed by atoms with E-state index in [-0.39, 0.29) is 5.95 Å². The first kappa shape index (κ1) is 12.9. The van der Waals surface area contributed by atoms with Crippen LogP contribution in [-0.4, -0.2) is 34.6 Å². The van der Waals surface area contributed by atoms with Gasteiger partial charge in [-0.25, -0.2) is 0 Å². The summed E-state index contributed by atoms with van der Waals surface area (Å²) in [4.78, 5) is 14.6. The van der Waals surface area contributed by atoms with E-state index in [1.54, 1.807) is 0 Å². The summed E-state index contributed by atoms with van der Waals surface area (Å²) in [6, 6.07) is 0.323. The van der Waals surface area contributed by atoms with Gasteiger partial charge in [-0.05, 0) is 18.3 Å².